The van der Waals surface area contributed by atoms with Gasteiger partial charge in [0.15, 0.2) is 17.2 Å². The Balaban J connectivity index is 1.73. The van der Waals surface area contributed by atoms with Crippen LogP contribution in [0.15, 0.2) is 54.6 Å². The van der Waals surface area contributed by atoms with Gasteiger partial charge in [0.25, 0.3) is 0 Å². The fourth-order valence-electron chi connectivity index (χ4n) is 2.62. The minimum atomic E-state index is -0.140. The maximum absolute atomic E-state index is 9.64. The summed E-state index contributed by atoms with van der Waals surface area (Å²) in [6, 6.07) is 16.7. The monoisotopic (exact) mass is 437 g/mol. The van der Waals surface area contributed by atoms with Crippen LogP contribution in [0.25, 0.3) is 0 Å². The molecular formula is C21H18Cl3NO3. The quantitative estimate of drug-likeness (QED) is 0.411. The highest BCUT2D eigenvalue weighted by Crippen LogP contribution is 2.38. The molecule has 0 amide bonds. The molecule has 3 aromatic rings. The molecule has 2 N–H and O–H groups in total. The molecule has 0 aliphatic carbocycles. The lowest BCUT2D eigenvalue weighted by atomic mass is 10.2. The highest BCUT2D eigenvalue weighted by Gasteiger charge is 2.13. The predicted octanol–water partition coefficient (Wildman–Crippen LogP) is 6.55. The zero-order chi connectivity index (χ0) is 20.1. The van der Waals surface area contributed by atoms with Gasteiger partial charge in [0, 0.05) is 12.2 Å². The van der Waals surface area contributed by atoms with Crippen molar-refractivity contribution in [3.05, 3.63) is 80.8 Å². The van der Waals surface area contributed by atoms with E-state index in [1.807, 2.05) is 36.4 Å². The number of anilines is 1. The number of hydrogen-bond acceptors (Lipinski definition) is 4. The number of benzene rings is 3. The summed E-state index contributed by atoms with van der Waals surface area (Å²) in [4.78, 5) is 0. The maximum atomic E-state index is 9.64. The Kier molecular flexibility index (Phi) is 6.79. The van der Waals surface area contributed by atoms with E-state index in [-0.39, 0.29) is 15.8 Å². The topological polar surface area (TPSA) is 50.7 Å². The first kappa shape index (κ1) is 20.5. The van der Waals surface area contributed by atoms with Crippen LogP contribution < -0.4 is 14.8 Å². The Morgan fingerprint density at radius 3 is 2.21 bits per heavy atom. The van der Waals surface area contributed by atoms with Gasteiger partial charge in [0.2, 0.25) is 0 Å². The highest BCUT2D eigenvalue weighted by molar-refractivity contribution is 6.37. The van der Waals surface area contributed by atoms with Crippen molar-refractivity contribution in [1.82, 2.24) is 0 Å². The average Bonchev–Trinajstić information content (AvgIpc) is 2.69. The fraction of sp³-hybridized carbons (Fsp3) is 0.143. The van der Waals surface area contributed by atoms with Gasteiger partial charge in [-0.2, -0.15) is 0 Å². The number of ether oxygens (including phenoxy) is 2. The van der Waals surface area contributed by atoms with Crippen LogP contribution in [0.5, 0.6) is 17.2 Å². The Bertz CT molecular complexity index is 942. The van der Waals surface area contributed by atoms with Gasteiger partial charge in [0.05, 0.1) is 22.2 Å². The molecule has 0 heterocycles. The molecule has 0 spiro atoms. The van der Waals surface area contributed by atoms with Crippen LogP contribution in [-0.2, 0) is 13.2 Å². The number of phenolic OH excluding ortho intramolecular Hbond substituents is 1. The molecule has 0 bridgehead atoms. The Labute approximate surface area is 178 Å². The van der Waals surface area contributed by atoms with E-state index in [4.69, 9.17) is 44.3 Å². The average molecular weight is 439 g/mol. The summed E-state index contributed by atoms with van der Waals surface area (Å²) >= 11 is 18.3. The molecule has 0 aliphatic rings. The van der Waals surface area contributed by atoms with E-state index in [9.17, 15) is 5.11 Å². The SMILES string of the molecule is COc1cc(CNc2cc(Cl)c(O)c(Cl)c2)cc(Cl)c1OCc1ccccc1. The minimum absolute atomic E-state index is 0.140. The molecule has 0 radical (unpaired) electrons. The van der Waals surface area contributed by atoms with Crippen molar-refractivity contribution >= 4 is 40.5 Å². The van der Waals surface area contributed by atoms with E-state index < -0.39 is 0 Å². The Hall–Kier alpha value is -2.27. The van der Waals surface area contributed by atoms with E-state index in [1.165, 1.54) is 0 Å². The molecule has 0 aliphatic heterocycles. The number of nitrogens with one attached hydrogen (secondary N) is 1. The summed E-state index contributed by atoms with van der Waals surface area (Å²) < 4.78 is 11.3. The molecule has 4 nitrogen and oxygen atoms in total. The third-order valence-corrected chi connectivity index (χ3v) is 4.89. The predicted molar refractivity (Wildman–Crippen MR) is 114 cm³/mol. The number of methoxy groups -OCH3 is 1. The summed E-state index contributed by atoms with van der Waals surface area (Å²) in [5.74, 6) is 0.896. The normalized spacial score (nSPS) is 10.6. The van der Waals surface area contributed by atoms with Gasteiger partial charge in [-0.05, 0) is 35.4 Å². The number of phenols is 1. The first-order valence-corrected chi connectivity index (χ1v) is 9.56. The van der Waals surface area contributed by atoms with Crippen LogP contribution in [-0.4, -0.2) is 12.2 Å². The summed E-state index contributed by atoms with van der Waals surface area (Å²) in [5.41, 5.74) is 2.59. The second kappa shape index (κ2) is 9.28. The molecule has 0 atom stereocenters. The van der Waals surface area contributed by atoms with Crippen LogP contribution >= 0.6 is 34.8 Å². The van der Waals surface area contributed by atoms with Gasteiger partial charge in [-0.3, -0.25) is 0 Å². The van der Waals surface area contributed by atoms with Gasteiger partial charge in [-0.25, -0.2) is 0 Å². The molecule has 0 unspecified atom stereocenters. The van der Waals surface area contributed by atoms with Crippen molar-refractivity contribution in [2.45, 2.75) is 13.2 Å². The van der Waals surface area contributed by atoms with Crippen molar-refractivity contribution in [3.8, 4) is 17.2 Å². The van der Waals surface area contributed by atoms with Gasteiger partial charge in [0.1, 0.15) is 6.61 Å². The van der Waals surface area contributed by atoms with E-state index in [0.717, 1.165) is 11.1 Å². The number of hydrogen-bond donors (Lipinski definition) is 2. The Morgan fingerprint density at radius 2 is 1.57 bits per heavy atom. The Morgan fingerprint density at radius 1 is 0.893 bits per heavy atom. The molecular weight excluding hydrogens is 421 g/mol. The molecule has 0 saturated heterocycles. The van der Waals surface area contributed by atoms with Gasteiger partial charge in [-0.15, -0.1) is 0 Å². The largest absolute Gasteiger partial charge is 0.505 e. The van der Waals surface area contributed by atoms with E-state index >= 15 is 0 Å². The molecule has 28 heavy (non-hydrogen) atoms. The van der Waals surface area contributed by atoms with E-state index in [0.29, 0.717) is 35.4 Å². The summed E-state index contributed by atoms with van der Waals surface area (Å²) in [6.45, 7) is 0.839. The third kappa shape index (κ3) is 4.96. The van der Waals surface area contributed by atoms with Crippen LogP contribution in [0, 0.1) is 0 Å². The first-order chi connectivity index (χ1) is 13.5. The molecule has 7 heteroatoms. The van der Waals surface area contributed by atoms with Crippen molar-refractivity contribution in [3.63, 3.8) is 0 Å². The van der Waals surface area contributed by atoms with Crippen LogP contribution in [0.2, 0.25) is 15.1 Å². The van der Waals surface area contributed by atoms with Gasteiger partial charge >= 0.3 is 0 Å². The lowest BCUT2D eigenvalue weighted by Crippen LogP contribution is -2.03. The zero-order valence-corrected chi connectivity index (χ0v) is 17.3. The van der Waals surface area contributed by atoms with Crippen molar-refractivity contribution in [2.75, 3.05) is 12.4 Å². The van der Waals surface area contributed by atoms with Gasteiger partial charge < -0.3 is 19.9 Å². The summed E-state index contributed by atoms with van der Waals surface area (Å²) in [6.07, 6.45) is 0. The second-order valence-electron chi connectivity index (χ2n) is 6.03. The smallest absolute Gasteiger partial charge is 0.180 e. The van der Waals surface area contributed by atoms with Crippen molar-refractivity contribution < 1.29 is 14.6 Å². The maximum Gasteiger partial charge on any atom is 0.180 e. The zero-order valence-electron chi connectivity index (χ0n) is 15.0. The molecule has 146 valence electrons. The molecule has 0 fully saturated rings. The number of rotatable bonds is 7. The molecule has 0 saturated carbocycles. The van der Waals surface area contributed by atoms with E-state index in [1.54, 1.807) is 25.3 Å². The standard InChI is InChI=1S/C21H18Cl3NO3/c1-27-19-8-14(11-25-15-9-16(22)20(26)17(23)10-15)7-18(24)21(19)28-12-13-5-3-2-4-6-13/h2-10,25-26H,11-12H2,1H3. The highest BCUT2D eigenvalue weighted by atomic mass is 35.5. The number of halogens is 3. The second-order valence-corrected chi connectivity index (χ2v) is 7.25. The summed E-state index contributed by atoms with van der Waals surface area (Å²) in [5, 5.41) is 13.6. The molecule has 0 aromatic heterocycles. The third-order valence-electron chi connectivity index (χ3n) is 4.03. The lowest BCUT2D eigenvalue weighted by Gasteiger charge is -2.15. The molecule has 3 aromatic carbocycles. The van der Waals surface area contributed by atoms with Crippen molar-refractivity contribution in [1.29, 1.82) is 0 Å². The first-order valence-electron chi connectivity index (χ1n) is 8.43. The fourth-order valence-corrected chi connectivity index (χ4v) is 3.39. The lowest BCUT2D eigenvalue weighted by molar-refractivity contribution is 0.284. The number of aromatic hydroxyl groups is 1. The minimum Gasteiger partial charge on any atom is -0.505 e. The summed E-state index contributed by atoms with van der Waals surface area (Å²) in [7, 11) is 1.57. The van der Waals surface area contributed by atoms with Crippen LogP contribution in [0.1, 0.15) is 11.1 Å². The van der Waals surface area contributed by atoms with Crippen molar-refractivity contribution in [2.24, 2.45) is 0 Å². The van der Waals surface area contributed by atoms with Crippen LogP contribution in [0.3, 0.4) is 0 Å². The van der Waals surface area contributed by atoms with Gasteiger partial charge in [-0.1, -0.05) is 65.1 Å². The van der Waals surface area contributed by atoms with E-state index in [2.05, 4.69) is 5.32 Å². The van der Waals surface area contributed by atoms with Crippen LogP contribution in [0.4, 0.5) is 5.69 Å². The molecule has 3 rings (SSSR count).